The van der Waals surface area contributed by atoms with Crippen LogP contribution in [0.4, 0.5) is 0 Å². The lowest BCUT2D eigenvalue weighted by Crippen LogP contribution is -2.65. The molecule has 12 unspecified atom stereocenters. The predicted molar refractivity (Wildman–Crippen MR) is 295 cm³/mol. The summed E-state index contributed by atoms with van der Waals surface area (Å²) < 4.78 is 22.8. The molecule has 0 saturated carbocycles. The quantitative estimate of drug-likeness (QED) is 0.0204. The molecule has 2 fully saturated rings. The van der Waals surface area contributed by atoms with Gasteiger partial charge >= 0.3 is 0 Å². The topological polar surface area (TPSA) is 228 Å². The van der Waals surface area contributed by atoms with Gasteiger partial charge in [-0.15, -0.1) is 0 Å². The molecular weight excluding hydrogens is 943 g/mol. The summed E-state index contributed by atoms with van der Waals surface area (Å²) in [5.41, 5.74) is 0. The summed E-state index contributed by atoms with van der Waals surface area (Å²) in [7, 11) is 0. The molecule has 74 heavy (non-hydrogen) atoms. The van der Waals surface area contributed by atoms with Crippen LogP contribution in [0, 0.1) is 0 Å². The Hall–Kier alpha value is -1.27. The van der Waals surface area contributed by atoms with Gasteiger partial charge in [0.2, 0.25) is 5.91 Å². The summed E-state index contributed by atoms with van der Waals surface area (Å²) in [4.78, 5) is 13.2. The zero-order valence-electron chi connectivity index (χ0n) is 47.1. The van der Waals surface area contributed by atoms with Crippen LogP contribution in [0.15, 0.2) is 12.2 Å². The Kier molecular flexibility index (Phi) is 43.4. The van der Waals surface area contributed by atoms with Gasteiger partial charge in [-0.2, -0.15) is 0 Å². The average molecular weight is 1060 g/mol. The summed E-state index contributed by atoms with van der Waals surface area (Å²) in [6.45, 7) is 2.85. The van der Waals surface area contributed by atoms with Crippen LogP contribution in [0.25, 0.3) is 0 Å². The van der Waals surface area contributed by atoms with Gasteiger partial charge in [-0.3, -0.25) is 4.79 Å². The van der Waals surface area contributed by atoms with E-state index in [-0.39, 0.29) is 12.5 Å². The van der Waals surface area contributed by atoms with Crippen LogP contribution >= 0.6 is 0 Å². The summed E-state index contributed by atoms with van der Waals surface area (Å²) in [5, 5.41) is 87.0. The number of carbonyl (C=O) groups is 1. The van der Waals surface area contributed by atoms with Gasteiger partial charge in [0.1, 0.15) is 48.8 Å². The summed E-state index contributed by atoms with van der Waals surface area (Å²) in [6.07, 6.45) is 36.9. The van der Waals surface area contributed by atoms with Gasteiger partial charge in [0.15, 0.2) is 12.6 Å². The molecule has 0 radical (unpaired) electrons. The molecule has 0 spiro atoms. The first-order valence-corrected chi connectivity index (χ1v) is 30.9. The van der Waals surface area contributed by atoms with Crippen LogP contribution in [-0.4, -0.2) is 140 Å². The third kappa shape index (κ3) is 32.0. The van der Waals surface area contributed by atoms with E-state index in [9.17, 15) is 45.6 Å². The zero-order chi connectivity index (χ0) is 53.9. The number of hydrogen-bond acceptors (Lipinski definition) is 13. The number of nitrogens with one attached hydrogen (secondary N) is 1. The van der Waals surface area contributed by atoms with Gasteiger partial charge in [0, 0.05) is 6.42 Å². The van der Waals surface area contributed by atoms with E-state index in [4.69, 9.17) is 18.9 Å². The minimum absolute atomic E-state index is 0.204. The van der Waals surface area contributed by atoms with Gasteiger partial charge < -0.3 is 65.1 Å². The van der Waals surface area contributed by atoms with Crippen molar-refractivity contribution in [2.45, 2.75) is 344 Å². The normalized spacial score (nSPS) is 25.2. The molecule has 0 bridgehead atoms. The highest BCUT2D eigenvalue weighted by Gasteiger charge is 2.51. The van der Waals surface area contributed by atoms with Gasteiger partial charge in [0.25, 0.3) is 0 Å². The minimum atomic E-state index is -1.78. The Labute approximate surface area is 450 Å². The zero-order valence-corrected chi connectivity index (χ0v) is 47.1. The van der Waals surface area contributed by atoms with Crippen molar-refractivity contribution in [2.24, 2.45) is 0 Å². The molecule has 14 nitrogen and oxygen atoms in total. The minimum Gasteiger partial charge on any atom is -0.394 e. The van der Waals surface area contributed by atoms with Crippen molar-refractivity contribution in [2.75, 3.05) is 19.8 Å². The maximum Gasteiger partial charge on any atom is 0.220 e. The predicted octanol–water partition coefficient (Wildman–Crippen LogP) is 10.7. The third-order valence-corrected chi connectivity index (χ3v) is 15.5. The standard InChI is InChI=1S/C60H115NO13/c1-3-5-7-9-11-13-14-15-16-17-18-19-20-21-22-23-24-25-26-27-28-29-30-31-32-33-34-36-38-40-42-44-52(65)61-48(49(64)43-41-39-37-35-12-10-8-6-4-2)47-71-59-57(70)55(68)58(51(46-63)73-59)74-60-56(69)54(67)53(66)50(45-62)72-60/h17-18,48-51,53-60,62-64,66-70H,3-16,19-47H2,1-2H3,(H,61,65)/b18-17-. The molecule has 2 aliphatic heterocycles. The molecule has 2 rings (SSSR count). The molecule has 0 aromatic carbocycles. The number of carbonyl (C=O) groups excluding carboxylic acids is 1. The van der Waals surface area contributed by atoms with Crippen LogP contribution in [-0.2, 0) is 23.7 Å². The molecule has 438 valence electrons. The molecular formula is C60H115NO13. The second-order valence-electron chi connectivity index (χ2n) is 22.2. The first kappa shape index (κ1) is 68.8. The number of amides is 1. The monoisotopic (exact) mass is 1060 g/mol. The SMILES string of the molecule is CCCCCCCCCC/C=C\CCCCCCCCCCCCCCCCCCCCCC(=O)NC(COC1OC(CO)C(OC2OC(CO)C(O)C(O)C2O)C(O)C1O)C(O)CCCCCCCCCCC. The molecule has 0 aromatic rings. The van der Waals surface area contributed by atoms with Crippen molar-refractivity contribution in [3.63, 3.8) is 0 Å². The Morgan fingerprint density at radius 2 is 0.851 bits per heavy atom. The molecule has 0 aromatic heterocycles. The Morgan fingerprint density at radius 1 is 0.473 bits per heavy atom. The smallest absolute Gasteiger partial charge is 0.220 e. The molecule has 12 atom stereocenters. The van der Waals surface area contributed by atoms with Crippen LogP contribution in [0.5, 0.6) is 0 Å². The Balaban J connectivity index is 1.59. The van der Waals surface area contributed by atoms with Crippen LogP contribution in [0.3, 0.4) is 0 Å². The number of aliphatic hydroxyl groups excluding tert-OH is 8. The van der Waals surface area contributed by atoms with E-state index in [2.05, 4.69) is 31.3 Å². The lowest BCUT2D eigenvalue weighted by atomic mass is 9.97. The molecule has 2 heterocycles. The summed E-state index contributed by atoms with van der Waals surface area (Å²) in [5.74, 6) is -0.204. The Morgan fingerprint density at radius 3 is 1.28 bits per heavy atom. The maximum atomic E-state index is 13.2. The highest BCUT2D eigenvalue weighted by Crippen LogP contribution is 2.30. The molecule has 14 heteroatoms. The van der Waals surface area contributed by atoms with Crippen molar-refractivity contribution in [1.82, 2.24) is 5.32 Å². The molecule has 9 N–H and O–H groups in total. The van der Waals surface area contributed by atoms with Gasteiger partial charge in [0.05, 0.1) is 32.0 Å². The second kappa shape index (κ2) is 46.6. The lowest BCUT2D eigenvalue weighted by Gasteiger charge is -2.46. The number of aliphatic hydroxyl groups is 8. The molecule has 2 saturated heterocycles. The van der Waals surface area contributed by atoms with Crippen molar-refractivity contribution < 1.29 is 64.6 Å². The molecule has 2 aliphatic rings. The number of unbranched alkanes of at least 4 members (excludes halogenated alkanes) is 35. The summed E-state index contributed by atoms with van der Waals surface area (Å²) >= 11 is 0. The Bertz CT molecular complexity index is 1290. The largest absolute Gasteiger partial charge is 0.394 e. The average Bonchev–Trinajstić information content (AvgIpc) is 3.40. The fourth-order valence-electron chi connectivity index (χ4n) is 10.5. The van der Waals surface area contributed by atoms with E-state index in [0.29, 0.717) is 12.8 Å². The fraction of sp³-hybridized carbons (Fsp3) is 0.950. The van der Waals surface area contributed by atoms with Crippen molar-refractivity contribution in [3.05, 3.63) is 12.2 Å². The molecule has 0 aliphatic carbocycles. The number of rotatable bonds is 50. The third-order valence-electron chi connectivity index (χ3n) is 15.5. The first-order chi connectivity index (χ1) is 36.1. The number of allylic oxidation sites excluding steroid dienone is 2. The highest BCUT2D eigenvalue weighted by atomic mass is 16.7. The van der Waals surface area contributed by atoms with Crippen molar-refractivity contribution >= 4 is 5.91 Å². The van der Waals surface area contributed by atoms with E-state index in [0.717, 1.165) is 51.4 Å². The van der Waals surface area contributed by atoms with E-state index < -0.39 is 86.8 Å². The number of hydrogen-bond donors (Lipinski definition) is 9. The van der Waals surface area contributed by atoms with E-state index in [1.54, 1.807) is 0 Å². The highest BCUT2D eigenvalue weighted by molar-refractivity contribution is 5.76. The maximum absolute atomic E-state index is 13.2. The lowest BCUT2D eigenvalue weighted by molar-refractivity contribution is -0.359. The summed E-state index contributed by atoms with van der Waals surface area (Å²) in [6, 6.07) is -0.822. The van der Waals surface area contributed by atoms with Crippen molar-refractivity contribution in [3.8, 4) is 0 Å². The van der Waals surface area contributed by atoms with Crippen LogP contribution in [0.1, 0.15) is 271 Å². The van der Waals surface area contributed by atoms with Crippen LogP contribution < -0.4 is 5.32 Å². The molecule has 1 amide bonds. The van der Waals surface area contributed by atoms with Gasteiger partial charge in [-0.1, -0.05) is 238 Å². The van der Waals surface area contributed by atoms with E-state index >= 15 is 0 Å². The fourth-order valence-corrected chi connectivity index (χ4v) is 10.5. The second-order valence-corrected chi connectivity index (χ2v) is 22.2. The van der Waals surface area contributed by atoms with Crippen molar-refractivity contribution in [1.29, 1.82) is 0 Å². The van der Waals surface area contributed by atoms with E-state index in [1.165, 1.54) is 193 Å². The number of ether oxygens (including phenoxy) is 4. The van der Waals surface area contributed by atoms with Gasteiger partial charge in [-0.05, 0) is 38.5 Å². The van der Waals surface area contributed by atoms with Crippen LogP contribution in [0.2, 0.25) is 0 Å². The van der Waals surface area contributed by atoms with Gasteiger partial charge in [-0.25, -0.2) is 0 Å². The van der Waals surface area contributed by atoms with E-state index in [1.807, 2.05) is 0 Å². The first-order valence-electron chi connectivity index (χ1n) is 30.9.